The number of halogens is 4. The second-order valence-corrected chi connectivity index (χ2v) is 6.21. The van der Waals surface area contributed by atoms with Crippen LogP contribution in [0.5, 0.6) is 0 Å². The molecule has 1 aromatic rings. The Morgan fingerprint density at radius 3 is 2.57 bits per heavy atom. The van der Waals surface area contributed by atoms with E-state index < -0.39 is 12.2 Å². The number of nitrogens with zero attached hydrogens (tertiary/aromatic N) is 2. The molecule has 1 fully saturated rings. The lowest BCUT2D eigenvalue weighted by molar-refractivity contribution is -0.197. The number of alkyl halides is 3. The van der Waals surface area contributed by atoms with Crippen LogP contribution in [0.1, 0.15) is 17.3 Å². The van der Waals surface area contributed by atoms with Gasteiger partial charge in [0.2, 0.25) is 0 Å². The predicted octanol–water partition coefficient (Wildman–Crippen LogP) is 3.16. The fourth-order valence-corrected chi connectivity index (χ4v) is 2.87. The zero-order chi connectivity index (χ0) is 15.8. The summed E-state index contributed by atoms with van der Waals surface area (Å²) in [5.41, 5.74) is 0.391. The topological polar surface area (TPSA) is 23.6 Å². The fourth-order valence-electron chi connectivity index (χ4n) is 2.47. The van der Waals surface area contributed by atoms with Crippen molar-refractivity contribution in [1.29, 1.82) is 0 Å². The molecule has 2 atom stereocenters. The van der Waals surface area contributed by atoms with E-state index in [9.17, 15) is 18.0 Å². The van der Waals surface area contributed by atoms with Crippen LogP contribution in [0, 0.1) is 0 Å². The van der Waals surface area contributed by atoms with Crippen molar-refractivity contribution in [3.05, 3.63) is 34.3 Å². The van der Waals surface area contributed by atoms with Crippen LogP contribution in [0.2, 0.25) is 0 Å². The SMILES string of the molecule is CC1CN(C(=O)c2cccc(Br)c2)CC(C(F)(F)F)N1C. The van der Waals surface area contributed by atoms with E-state index in [0.717, 1.165) is 4.47 Å². The average molecular weight is 365 g/mol. The molecule has 1 aliphatic rings. The van der Waals surface area contributed by atoms with E-state index in [0.29, 0.717) is 5.56 Å². The van der Waals surface area contributed by atoms with Crippen LogP contribution in [0.4, 0.5) is 13.2 Å². The van der Waals surface area contributed by atoms with Gasteiger partial charge in [-0.15, -0.1) is 0 Å². The molecule has 1 aliphatic heterocycles. The van der Waals surface area contributed by atoms with Crippen LogP contribution in [0.15, 0.2) is 28.7 Å². The molecule has 1 heterocycles. The second-order valence-electron chi connectivity index (χ2n) is 5.29. The van der Waals surface area contributed by atoms with Gasteiger partial charge in [-0.2, -0.15) is 13.2 Å². The molecule has 0 spiro atoms. The van der Waals surface area contributed by atoms with E-state index in [1.165, 1.54) is 16.8 Å². The first-order valence-electron chi connectivity index (χ1n) is 6.53. The van der Waals surface area contributed by atoms with E-state index in [1.807, 2.05) is 0 Å². The van der Waals surface area contributed by atoms with Crippen molar-refractivity contribution < 1.29 is 18.0 Å². The van der Waals surface area contributed by atoms with E-state index in [2.05, 4.69) is 15.9 Å². The Kier molecular flexibility index (Phi) is 4.63. The van der Waals surface area contributed by atoms with Gasteiger partial charge < -0.3 is 4.90 Å². The molecule has 0 N–H and O–H groups in total. The van der Waals surface area contributed by atoms with Gasteiger partial charge >= 0.3 is 6.18 Å². The number of carbonyl (C=O) groups excluding carboxylic acids is 1. The van der Waals surface area contributed by atoms with Crippen molar-refractivity contribution in [3.63, 3.8) is 0 Å². The summed E-state index contributed by atoms with van der Waals surface area (Å²) in [7, 11) is 1.45. The van der Waals surface area contributed by atoms with E-state index in [1.54, 1.807) is 31.2 Å². The van der Waals surface area contributed by atoms with E-state index in [-0.39, 0.29) is 25.0 Å². The van der Waals surface area contributed by atoms with Crippen LogP contribution in [0.3, 0.4) is 0 Å². The van der Waals surface area contributed by atoms with Crippen LogP contribution in [0.25, 0.3) is 0 Å². The first kappa shape index (κ1) is 16.3. The number of piperazine rings is 1. The molecule has 7 heteroatoms. The molecular formula is C14H16BrF3N2O. The molecular weight excluding hydrogens is 349 g/mol. The van der Waals surface area contributed by atoms with Crippen molar-refractivity contribution in [1.82, 2.24) is 9.80 Å². The first-order chi connectivity index (χ1) is 9.70. The number of likely N-dealkylation sites (N-methyl/N-ethyl adjacent to an activating group) is 1. The van der Waals surface area contributed by atoms with Gasteiger partial charge in [0.1, 0.15) is 6.04 Å². The van der Waals surface area contributed by atoms with Crippen LogP contribution < -0.4 is 0 Å². The van der Waals surface area contributed by atoms with Crippen LogP contribution in [-0.2, 0) is 0 Å². The lowest BCUT2D eigenvalue weighted by atomic mass is 10.1. The summed E-state index contributed by atoms with van der Waals surface area (Å²) < 4.78 is 40.0. The molecule has 1 aromatic carbocycles. The van der Waals surface area contributed by atoms with Gasteiger partial charge in [0.25, 0.3) is 5.91 Å². The van der Waals surface area contributed by atoms with Crippen molar-refractivity contribution >= 4 is 21.8 Å². The standard InChI is InChI=1S/C14H16BrF3N2O/c1-9-7-20(8-12(19(9)2)14(16,17)18)13(21)10-4-3-5-11(15)6-10/h3-6,9,12H,7-8H2,1-2H3. The minimum atomic E-state index is -4.35. The molecule has 0 saturated carbocycles. The maximum absolute atomic E-state index is 13.1. The summed E-state index contributed by atoms with van der Waals surface area (Å²) >= 11 is 3.26. The Hall–Kier alpha value is -1.08. The molecule has 0 aromatic heterocycles. The molecule has 2 unspecified atom stereocenters. The summed E-state index contributed by atoms with van der Waals surface area (Å²) in [5.74, 6) is -0.370. The lowest BCUT2D eigenvalue weighted by Crippen LogP contribution is -2.62. The molecule has 1 amide bonds. The quantitative estimate of drug-likeness (QED) is 0.764. The molecule has 0 bridgehead atoms. The summed E-state index contributed by atoms with van der Waals surface area (Å²) in [6.45, 7) is 1.64. The second kappa shape index (κ2) is 5.96. The smallest absolute Gasteiger partial charge is 0.335 e. The molecule has 0 aliphatic carbocycles. The predicted molar refractivity (Wildman–Crippen MR) is 77.1 cm³/mol. The van der Waals surface area contributed by atoms with Crippen molar-refractivity contribution in [2.45, 2.75) is 25.2 Å². The molecule has 3 nitrogen and oxygen atoms in total. The lowest BCUT2D eigenvalue weighted by Gasteiger charge is -2.44. The first-order valence-corrected chi connectivity index (χ1v) is 7.33. The maximum Gasteiger partial charge on any atom is 0.405 e. The van der Waals surface area contributed by atoms with Gasteiger partial charge in [0, 0.05) is 29.2 Å². The minimum Gasteiger partial charge on any atom is -0.335 e. The van der Waals surface area contributed by atoms with Gasteiger partial charge in [-0.3, -0.25) is 9.69 Å². The fraction of sp³-hybridized carbons (Fsp3) is 0.500. The minimum absolute atomic E-state index is 0.286. The maximum atomic E-state index is 13.1. The summed E-state index contributed by atoms with van der Waals surface area (Å²) in [4.78, 5) is 15.0. The van der Waals surface area contributed by atoms with Crippen molar-refractivity contribution in [2.75, 3.05) is 20.1 Å². The third-order valence-corrected chi connectivity index (χ3v) is 4.29. The van der Waals surface area contributed by atoms with E-state index >= 15 is 0 Å². The average Bonchev–Trinajstić information content (AvgIpc) is 2.39. The largest absolute Gasteiger partial charge is 0.405 e. The highest BCUT2D eigenvalue weighted by atomic mass is 79.9. The Morgan fingerprint density at radius 2 is 2.00 bits per heavy atom. The normalized spacial score (nSPS) is 24.2. The molecule has 21 heavy (non-hydrogen) atoms. The number of rotatable bonds is 1. The summed E-state index contributed by atoms with van der Waals surface area (Å²) in [6.07, 6.45) is -4.35. The highest BCUT2D eigenvalue weighted by molar-refractivity contribution is 9.10. The van der Waals surface area contributed by atoms with Gasteiger partial charge in [-0.1, -0.05) is 22.0 Å². The Bertz CT molecular complexity index is 535. The summed E-state index contributed by atoms with van der Waals surface area (Å²) in [5, 5.41) is 0. The Balaban J connectivity index is 2.22. The molecule has 0 radical (unpaired) electrons. The van der Waals surface area contributed by atoms with Gasteiger partial charge in [0.15, 0.2) is 0 Å². The highest BCUT2D eigenvalue weighted by Gasteiger charge is 2.47. The van der Waals surface area contributed by atoms with Crippen molar-refractivity contribution in [3.8, 4) is 0 Å². The van der Waals surface area contributed by atoms with Gasteiger partial charge in [-0.05, 0) is 32.2 Å². The van der Waals surface area contributed by atoms with Crippen LogP contribution >= 0.6 is 15.9 Å². The third-order valence-electron chi connectivity index (χ3n) is 3.80. The van der Waals surface area contributed by atoms with Crippen LogP contribution in [-0.4, -0.2) is 54.1 Å². The number of amides is 1. The van der Waals surface area contributed by atoms with Gasteiger partial charge in [-0.25, -0.2) is 0 Å². The number of hydrogen-bond acceptors (Lipinski definition) is 2. The molecule has 2 rings (SSSR count). The van der Waals surface area contributed by atoms with Gasteiger partial charge in [0.05, 0.1) is 0 Å². The number of hydrogen-bond donors (Lipinski definition) is 0. The van der Waals surface area contributed by atoms with Crippen molar-refractivity contribution in [2.24, 2.45) is 0 Å². The zero-order valence-corrected chi connectivity index (χ0v) is 13.3. The Morgan fingerprint density at radius 1 is 1.33 bits per heavy atom. The van der Waals surface area contributed by atoms with E-state index in [4.69, 9.17) is 0 Å². The third kappa shape index (κ3) is 3.58. The molecule has 1 saturated heterocycles. The monoisotopic (exact) mass is 364 g/mol. The molecule has 116 valence electrons. The summed E-state index contributed by atoms with van der Waals surface area (Å²) in [6, 6.07) is 4.71. The highest BCUT2D eigenvalue weighted by Crippen LogP contribution is 2.29. The zero-order valence-electron chi connectivity index (χ0n) is 11.7. The Labute approximate surface area is 129 Å². The number of carbonyl (C=O) groups is 1. The number of benzene rings is 1.